The van der Waals surface area contributed by atoms with Gasteiger partial charge in [-0.25, -0.2) is 8.42 Å². The molecule has 1 aliphatic heterocycles. The van der Waals surface area contributed by atoms with Gasteiger partial charge in [0, 0.05) is 24.3 Å². The number of carbonyl (C=O) groups is 1. The number of benzene rings is 2. The van der Waals surface area contributed by atoms with Gasteiger partial charge in [0.2, 0.25) is 10.0 Å². The number of nitrogens with zero attached hydrogens (tertiary/aromatic N) is 1. The first-order chi connectivity index (χ1) is 15.6. The maximum absolute atomic E-state index is 13.1. The number of hydrogen-bond donors (Lipinski definition) is 1. The minimum absolute atomic E-state index is 0.0128. The average molecular weight is 487 g/mol. The van der Waals surface area contributed by atoms with Crippen LogP contribution in [0.15, 0.2) is 47.4 Å². The lowest BCUT2D eigenvalue weighted by Crippen LogP contribution is -2.28. The summed E-state index contributed by atoms with van der Waals surface area (Å²) < 4.78 is 74.1. The molecule has 0 bridgehead atoms. The molecule has 1 aliphatic rings. The van der Waals surface area contributed by atoms with E-state index in [-0.39, 0.29) is 35.1 Å². The van der Waals surface area contributed by atoms with Gasteiger partial charge >= 0.3 is 6.18 Å². The maximum Gasteiger partial charge on any atom is 0.411 e. The molecular formula is C22H25F3N2O5S. The molecule has 1 heterocycles. The Bertz CT molecular complexity index is 1070. The number of amides is 1. The Morgan fingerprint density at radius 1 is 1.09 bits per heavy atom. The zero-order valence-corrected chi connectivity index (χ0v) is 18.8. The lowest BCUT2D eigenvalue weighted by molar-refractivity contribution is -0.176. The van der Waals surface area contributed by atoms with Crippen LogP contribution in [0.1, 0.15) is 35.7 Å². The molecule has 0 atom stereocenters. The number of carbonyl (C=O) groups excluding carboxylic acids is 1. The summed E-state index contributed by atoms with van der Waals surface area (Å²) in [6.07, 6.45) is -2.83. The largest absolute Gasteiger partial charge is 0.492 e. The highest BCUT2D eigenvalue weighted by atomic mass is 32.2. The maximum atomic E-state index is 13.1. The highest BCUT2D eigenvalue weighted by Crippen LogP contribution is 2.32. The van der Waals surface area contributed by atoms with E-state index >= 15 is 0 Å². The predicted octanol–water partition coefficient (Wildman–Crippen LogP) is 4.20. The molecule has 1 fully saturated rings. The third kappa shape index (κ3) is 6.68. The summed E-state index contributed by atoms with van der Waals surface area (Å²) in [7, 11) is -3.78. The molecule has 0 radical (unpaired) electrons. The molecule has 0 unspecified atom stereocenters. The van der Waals surface area contributed by atoms with Gasteiger partial charge in [-0.15, -0.1) is 0 Å². The van der Waals surface area contributed by atoms with Gasteiger partial charge < -0.3 is 14.8 Å². The summed E-state index contributed by atoms with van der Waals surface area (Å²) in [4.78, 5) is 12.6. The molecule has 7 nitrogen and oxygen atoms in total. The monoisotopic (exact) mass is 486 g/mol. The van der Waals surface area contributed by atoms with Gasteiger partial charge in [0.25, 0.3) is 5.91 Å². The standard InChI is InChI=1S/C22H25F3N2O5S/c1-2-32-19-10-9-18(13-20(19)33(29,30)27-11-3-4-12-27)26-21(28)17-7-5-16(6-8-17)14-31-15-22(23,24)25/h5-10,13H,2-4,11-12,14-15H2,1H3,(H,26,28). The van der Waals surface area contributed by atoms with Crippen LogP contribution in [-0.4, -0.2) is 51.1 Å². The van der Waals surface area contributed by atoms with Gasteiger partial charge in [0.1, 0.15) is 17.3 Å². The third-order valence-electron chi connectivity index (χ3n) is 4.93. The van der Waals surface area contributed by atoms with Crippen LogP contribution in [0.25, 0.3) is 0 Å². The summed E-state index contributed by atoms with van der Waals surface area (Å²) in [6.45, 7) is 1.31. The molecule has 180 valence electrons. The fourth-order valence-corrected chi connectivity index (χ4v) is 5.04. The van der Waals surface area contributed by atoms with Gasteiger partial charge in [-0.05, 0) is 55.7 Å². The number of alkyl halides is 3. The SMILES string of the molecule is CCOc1ccc(NC(=O)c2ccc(COCC(F)(F)F)cc2)cc1S(=O)(=O)N1CCCC1. The number of hydrogen-bond acceptors (Lipinski definition) is 5. The van der Waals surface area contributed by atoms with E-state index in [2.05, 4.69) is 10.1 Å². The Morgan fingerprint density at radius 2 is 1.76 bits per heavy atom. The first-order valence-electron chi connectivity index (χ1n) is 10.4. The molecular weight excluding hydrogens is 461 g/mol. The Morgan fingerprint density at radius 3 is 2.36 bits per heavy atom. The second-order valence-corrected chi connectivity index (χ2v) is 9.37. The van der Waals surface area contributed by atoms with Crippen LogP contribution in [0.3, 0.4) is 0 Å². The number of nitrogens with one attached hydrogen (secondary N) is 1. The van der Waals surface area contributed by atoms with Crippen molar-refractivity contribution < 1.29 is 35.9 Å². The van der Waals surface area contributed by atoms with Crippen LogP contribution in [0.2, 0.25) is 0 Å². The molecule has 11 heteroatoms. The number of sulfonamides is 1. The lowest BCUT2D eigenvalue weighted by atomic mass is 10.1. The average Bonchev–Trinajstić information content (AvgIpc) is 3.30. The van der Waals surface area contributed by atoms with Crippen LogP contribution in [0.4, 0.5) is 18.9 Å². The molecule has 1 amide bonds. The Kier molecular flexibility index (Phi) is 7.98. The molecule has 33 heavy (non-hydrogen) atoms. The summed E-state index contributed by atoms with van der Waals surface area (Å²) in [5.74, 6) is -0.281. The minimum Gasteiger partial charge on any atom is -0.492 e. The van der Waals surface area contributed by atoms with Crippen molar-refractivity contribution in [3.63, 3.8) is 0 Å². The summed E-state index contributed by atoms with van der Waals surface area (Å²) in [5.41, 5.74) is 1.02. The number of anilines is 1. The lowest BCUT2D eigenvalue weighted by Gasteiger charge is -2.19. The Balaban J connectivity index is 1.73. The van der Waals surface area contributed by atoms with Crippen LogP contribution in [0, 0.1) is 0 Å². The summed E-state index contributed by atoms with van der Waals surface area (Å²) >= 11 is 0. The highest BCUT2D eigenvalue weighted by Gasteiger charge is 2.30. The third-order valence-corrected chi connectivity index (χ3v) is 6.85. The number of rotatable bonds is 9. The zero-order chi connectivity index (χ0) is 24.1. The number of ether oxygens (including phenoxy) is 2. The summed E-state index contributed by atoms with van der Waals surface area (Å²) in [6, 6.07) is 10.3. The van der Waals surface area contributed by atoms with Crippen LogP contribution >= 0.6 is 0 Å². The van der Waals surface area contributed by atoms with E-state index in [1.165, 1.54) is 40.7 Å². The smallest absolute Gasteiger partial charge is 0.411 e. The van der Waals surface area contributed by atoms with E-state index < -0.39 is 28.7 Å². The minimum atomic E-state index is -4.40. The molecule has 1 N–H and O–H groups in total. The van der Waals surface area contributed by atoms with Crippen LogP contribution in [-0.2, 0) is 21.4 Å². The quantitative estimate of drug-likeness (QED) is 0.574. The van der Waals surface area contributed by atoms with Gasteiger partial charge in [0.15, 0.2) is 0 Å². The van der Waals surface area contributed by atoms with Crippen molar-refractivity contribution in [2.75, 3.05) is 31.6 Å². The van der Waals surface area contributed by atoms with Crippen molar-refractivity contribution in [3.8, 4) is 5.75 Å². The normalized spacial score (nSPS) is 14.9. The highest BCUT2D eigenvalue weighted by molar-refractivity contribution is 7.89. The number of halogens is 3. The molecule has 3 rings (SSSR count). The molecule has 1 saturated heterocycles. The van der Waals surface area contributed by atoms with E-state index in [4.69, 9.17) is 4.74 Å². The zero-order valence-electron chi connectivity index (χ0n) is 18.0. The van der Waals surface area contributed by atoms with Crippen molar-refractivity contribution in [1.82, 2.24) is 4.31 Å². The topological polar surface area (TPSA) is 84.9 Å². The molecule has 0 aliphatic carbocycles. The van der Waals surface area contributed by atoms with Gasteiger partial charge in [-0.1, -0.05) is 12.1 Å². The van der Waals surface area contributed by atoms with E-state index in [1.807, 2.05) is 0 Å². The van der Waals surface area contributed by atoms with E-state index in [1.54, 1.807) is 13.0 Å². The van der Waals surface area contributed by atoms with Crippen molar-refractivity contribution in [3.05, 3.63) is 53.6 Å². The second kappa shape index (κ2) is 10.5. The Hall–Kier alpha value is -2.63. The molecule has 0 spiro atoms. The van der Waals surface area contributed by atoms with Gasteiger partial charge in [-0.2, -0.15) is 17.5 Å². The summed E-state index contributed by atoms with van der Waals surface area (Å²) in [5, 5.41) is 2.66. The first-order valence-corrected chi connectivity index (χ1v) is 11.9. The second-order valence-electron chi connectivity index (χ2n) is 7.46. The fourth-order valence-electron chi connectivity index (χ4n) is 3.37. The van der Waals surface area contributed by atoms with Crippen molar-refractivity contribution >= 4 is 21.6 Å². The fraction of sp³-hybridized carbons (Fsp3) is 0.409. The molecule has 0 saturated carbocycles. The van der Waals surface area contributed by atoms with E-state index in [0.29, 0.717) is 18.7 Å². The molecule has 2 aromatic rings. The first kappa shape index (κ1) is 25.0. The Labute approximate surface area is 190 Å². The molecule has 2 aromatic carbocycles. The van der Waals surface area contributed by atoms with Crippen molar-refractivity contribution in [2.24, 2.45) is 0 Å². The predicted molar refractivity (Wildman–Crippen MR) is 116 cm³/mol. The van der Waals surface area contributed by atoms with Crippen LogP contribution < -0.4 is 10.1 Å². The van der Waals surface area contributed by atoms with E-state index in [0.717, 1.165) is 12.8 Å². The van der Waals surface area contributed by atoms with Crippen molar-refractivity contribution in [2.45, 2.75) is 37.4 Å². The van der Waals surface area contributed by atoms with Gasteiger partial charge in [0.05, 0.1) is 13.2 Å². The molecule has 0 aromatic heterocycles. The van der Waals surface area contributed by atoms with E-state index in [9.17, 15) is 26.4 Å². The van der Waals surface area contributed by atoms with Gasteiger partial charge in [-0.3, -0.25) is 4.79 Å². The van der Waals surface area contributed by atoms with Crippen molar-refractivity contribution in [1.29, 1.82) is 0 Å². The van der Waals surface area contributed by atoms with Crippen LogP contribution in [0.5, 0.6) is 5.75 Å².